The number of urea groups is 1. The van der Waals surface area contributed by atoms with Gasteiger partial charge in [0.15, 0.2) is 0 Å². The van der Waals surface area contributed by atoms with E-state index >= 15 is 0 Å². The molecule has 4 aliphatic rings. The fourth-order valence-electron chi connectivity index (χ4n) is 5.08. The molecule has 1 aromatic rings. The highest BCUT2D eigenvalue weighted by molar-refractivity contribution is 7.17. The normalized spacial score (nSPS) is 34.2. The zero-order valence-corrected chi connectivity index (χ0v) is 13.8. The molecule has 8 heteroatoms. The van der Waals surface area contributed by atoms with Gasteiger partial charge in [-0.1, -0.05) is 11.3 Å². The molecule has 2 N–H and O–H groups in total. The van der Waals surface area contributed by atoms with Gasteiger partial charge in [0.05, 0.1) is 7.11 Å². The number of rotatable bonds is 3. The molecule has 4 saturated carbocycles. The van der Waals surface area contributed by atoms with Gasteiger partial charge in [-0.3, -0.25) is 5.32 Å². The number of carbonyl (C=O) groups excluding carboxylic acids is 2. The summed E-state index contributed by atoms with van der Waals surface area (Å²) in [5.41, 5.74) is -0.0469. The minimum absolute atomic E-state index is 0.0469. The van der Waals surface area contributed by atoms with E-state index in [-0.39, 0.29) is 16.6 Å². The Morgan fingerprint density at radius 2 is 1.74 bits per heavy atom. The van der Waals surface area contributed by atoms with Gasteiger partial charge < -0.3 is 10.1 Å². The summed E-state index contributed by atoms with van der Waals surface area (Å²) in [4.78, 5) is 23.7. The van der Waals surface area contributed by atoms with Gasteiger partial charge in [-0.25, -0.2) is 9.59 Å². The number of hydrogen-bond acceptors (Lipinski definition) is 6. The van der Waals surface area contributed by atoms with Crippen LogP contribution in [-0.2, 0) is 4.74 Å². The molecular weight excluding hydrogens is 316 g/mol. The molecule has 0 saturated heterocycles. The molecule has 124 valence electrons. The summed E-state index contributed by atoms with van der Waals surface area (Å²) in [6.45, 7) is 0. The number of aromatic nitrogens is 2. The van der Waals surface area contributed by atoms with Crippen LogP contribution in [0.5, 0.6) is 0 Å². The minimum Gasteiger partial charge on any atom is -0.464 e. The van der Waals surface area contributed by atoms with Gasteiger partial charge in [-0.15, -0.1) is 10.2 Å². The van der Waals surface area contributed by atoms with Gasteiger partial charge in [0.1, 0.15) is 0 Å². The highest BCUT2D eigenvalue weighted by atomic mass is 32.1. The highest BCUT2D eigenvalue weighted by Gasteiger charge is 2.51. The van der Waals surface area contributed by atoms with E-state index in [1.165, 1.54) is 26.4 Å². The molecule has 4 bridgehead atoms. The molecule has 23 heavy (non-hydrogen) atoms. The molecule has 0 spiro atoms. The van der Waals surface area contributed by atoms with Crippen LogP contribution in [0.3, 0.4) is 0 Å². The van der Waals surface area contributed by atoms with E-state index in [1.54, 1.807) is 0 Å². The number of nitrogens with one attached hydrogen (secondary N) is 2. The summed E-state index contributed by atoms with van der Waals surface area (Å²) >= 11 is 1.02. The van der Waals surface area contributed by atoms with E-state index in [9.17, 15) is 9.59 Å². The summed E-state index contributed by atoms with van der Waals surface area (Å²) < 4.78 is 4.59. The Bertz CT molecular complexity index is 609. The Balaban J connectivity index is 1.40. The zero-order valence-electron chi connectivity index (χ0n) is 13.0. The van der Waals surface area contributed by atoms with Crippen molar-refractivity contribution in [1.82, 2.24) is 15.5 Å². The third-order valence-electron chi connectivity index (χ3n) is 5.42. The summed E-state index contributed by atoms with van der Waals surface area (Å²) in [5, 5.41) is 13.9. The minimum atomic E-state index is -0.544. The number of nitrogens with zero attached hydrogens (tertiary/aromatic N) is 2. The van der Waals surface area contributed by atoms with Crippen LogP contribution in [0.4, 0.5) is 9.93 Å². The van der Waals surface area contributed by atoms with E-state index < -0.39 is 5.97 Å². The number of esters is 1. The van der Waals surface area contributed by atoms with Crippen molar-refractivity contribution in [3.8, 4) is 0 Å². The van der Waals surface area contributed by atoms with Crippen LogP contribution in [0.25, 0.3) is 0 Å². The van der Waals surface area contributed by atoms with Crippen molar-refractivity contribution in [3.05, 3.63) is 5.01 Å². The Hall–Kier alpha value is -1.70. The predicted molar refractivity (Wildman–Crippen MR) is 84.3 cm³/mol. The van der Waals surface area contributed by atoms with Gasteiger partial charge >= 0.3 is 12.0 Å². The van der Waals surface area contributed by atoms with E-state index in [4.69, 9.17) is 0 Å². The van der Waals surface area contributed by atoms with E-state index in [2.05, 4.69) is 25.6 Å². The largest absolute Gasteiger partial charge is 0.464 e. The van der Waals surface area contributed by atoms with Crippen LogP contribution < -0.4 is 10.6 Å². The Kier molecular flexibility index (Phi) is 3.51. The number of anilines is 1. The lowest BCUT2D eigenvalue weighted by molar-refractivity contribution is -0.0127. The molecular formula is C15H20N4O3S. The molecule has 4 fully saturated rings. The van der Waals surface area contributed by atoms with Crippen LogP contribution in [0.15, 0.2) is 0 Å². The summed E-state index contributed by atoms with van der Waals surface area (Å²) in [6.07, 6.45) is 7.28. The topological polar surface area (TPSA) is 93.2 Å². The van der Waals surface area contributed by atoms with Crippen LogP contribution >= 0.6 is 11.3 Å². The van der Waals surface area contributed by atoms with Crippen LogP contribution in [0, 0.1) is 17.8 Å². The molecule has 0 aromatic carbocycles. The van der Waals surface area contributed by atoms with Gasteiger partial charge in [-0.05, 0) is 56.3 Å². The number of ether oxygens (including phenoxy) is 1. The van der Waals surface area contributed by atoms with E-state index in [1.807, 2.05) is 0 Å². The van der Waals surface area contributed by atoms with Crippen molar-refractivity contribution in [2.24, 2.45) is 17.8 Å². The number of amides is 2. The van der Waals surface area contributed by atoms with E-state index in [0.29, 0.717) is 5.13 Å². The standard InChI is InChI=1S/C15H20N4O3S/c1-22-12(20)11-18-19-14(23-11)16-13(21)17-15-5-8-2-9(6-15)4-10(3-8)7-15/h8-10H,2-7H2,1H3,(H2,16,17,19,21). The fourth-order valence-corrected chi connectivity index (χ4v) is 5.73. The summed E-state index contributed by atoms with van der Waals surface area (Å²) in [6, 6.07) is -0.250. The number of hydrogen-bond donors (Lipinski definition) is 2. The Morgan fingerprint density at radius 3 is 2.30 bits per heavy atom. The third kappa shape index (κ3) is 2.80. The molecule has 0 radical (unpaired) electrons. The van der Waals surface area contributed by atoms with Crippen LogP contribution in [0.2, 0.25) is 0 Å². The van der Waals surface area contributed by atoms with Crippen molar-refractivity contribution < 1.29 is 14.3 Å². The molecule has 0 aliphatic heterocycles. The first kappa shape index (κ1) is 14.9. The number of carbonyl (C=O) groups is 2. The lowest BCUT2D eigenvalue weighted by atomic mass is 9.53. The number of methoxy groups -OCH3 is 1. The van der Waals surface area contributed by atoms with Crippen molar-refractivity contribution >= 4 is 28.5 Å². The monoisotopic (exact) mass is 336 g/mol. The molecule has 7 nitrogen and oxygen atoms in total. The second-order valence-corrected chi connectivity index (χ2v) is 8.16. The highest BCUT2D eigenvalue weighted by Crippen LogP contribution is 2.55. The van der Waals surface area contributed by atoms with Crippen molar-refractivity contribution in [2.45, 2.75) is 44.1 Å². The quantitative estimate of drug-likeness (QED) is 0.827. The first-order valence-electron chi connectivity index (χ1n) is 8.06. The lowest BCUT2D eigenvalue weighted by Gasteiger charge is -2.56. The molecule has 0 atom stereocenters. The van der Waals surface area contributed by atoms with Gasteiger partial charge in [0, 0.05) is 5.54 Å². The fraction of sp³-hybridized carbons (Fsp3) is 0.733. The summed E-state index contributed by atoms with van der Waals surface area (Å²) in [5.74, 6) is 1.77. The summed E-state index contributed by atoms with van der Waals surface area (Å²) in [7, 11) is 1.29. The smallest absolute Gasteiger partial charge is 0.369 e. The van der Waals surface area contributed by atoms with Crippen LogP contribution in [-0.4, -0.2) is 34.8 Å². The Morgan fingerprint density at radius 1 is 1.13 bits per heavy atom. The maximum absolute atomic E-state index is 12.3. The third-order valence-corrected chi connectivity index (χ3v) is 6.24. The maximum Gasteiger partial charge on any atom is 0.369 e. The van der Waals surface area contributed by atoms with E-state index in [0.717, 1.165) is 48.4 Å². The lowest BCUT2D eigenvalue weighted by Crippen LogP contribution is -2.60. The van der Waals surface area contributed by atoms with Crippen molar-refractivity contribution in [3.63, 3.8) is 0 Å². The van der Waals surface area contributed by atoms with Crippen LogP contribution in [0.1, 0.15) is 48.3 Å². The molecule has 4 aliphatic carbocycles. The second kappa shape index (κ2) is 5.43. The van der Waals surface area contributed by atoms with Gasteiger partial charge in [-0.2, -0.15) is 0 Å². The van der Waals surface area contributed by atoms with Crippen molar-refractivity contribution in [2.75, 3.05) is 12.4 Å². The van der Waals surface area contributed by atoms with Gasteiger partial charge in [0.2, 0.25) is 10.1 Å². The SMILES string of the molecule is COC(=O)c1nnc(NC(=O)NC23CC4CC(CC(C4)C2)C3)s1. The molecule has 0 unspecified atom stereocenters. The maximum atomic E-state index is 12.3. The molecule has 1 aromatic heterocycles. The first-order valence-corrected chi connectivity index (χ1v) is 8.88. The molecule has 5 rings (SSSR count). The zero-order chi connectivity index (χ0) is 16.0. The average molecular weight is 336 g/mol. The second-order valence-electron chi connectivity index (χ2n) is 7.18. The molecule has 2 amide bonds. The Labute approximate surface area is 138 Å². The molecule has 1 heterocycles. The van der Waals surface area contributed by atoms with Crippen molar-refractivity contribution in [1.29, 1.82) is 0 Å². The average Bonchev–Trinajstić information content (AvgIpc) is 2.92. The first-order chi connectivity index (χ1) is 11.0. The predicted octanol–water partition coefficient (Wildman–Crippen LogP) is 2.42. The van der Waals surface area contributed by atoms with Gasteiger partial charge in [0.25, 0.3) is 0 Å².